The van der Waals surface area contributed by atoms with Crippen LogP contribution in [0.1, 0.15) is 33.1 Å². The van der Waals surface area contributed by atoms with Gasteiger partial charge >= 0.3 is 0 Å². The molecule has 1 aliphatic heterocycles. The van der Waals surface area contributed by atoms with Gasteiger partial charge in [0, 0.05) is 25.2 Å². The van der Waals surface area contributed by atoms with Crippen molar-refractivity contribution in [3.63, 3.8) is 0 Å². The fourth-order valence-electron chi connectivity index (χ4n) is 2.91. The van der Waals surface area contributed by atoms with Gasteiger partial charge in [0.05, 0.1) is 12.7 Å². The number of nitrogens with zero attached hydrogens (tertiary/aromatic N) is 1. The van der Waals surface area contributed by atoms with Crippen LogP contribution in [0.2, 0.25) is 0 Å². The minimum atomic E-state index is 0.395. The Hall–Kier alpha value is -0.120. The van der Waals surface area contributed by atoms with Crippen LogP contribution in [0.5, 0.6) is 0 Å². The molecule has 0 aromatic carbocycles. The SMILES string of the molecule is CNC(C1CCC1)C1CN(C(C)C)CCO1. The van der Waals surface area contributed by atoms with Crippen molar-refractivity contribution in [1.29, 1.82) is 0 Å². The minimum Gasteiger partial charge on any atom is -0.374 e. The zero-order valence-electron chi connectivity index (χ0n) is 10.9. The van der Waals surface area contributed by atoms with Gasteiger partial charge in [0.1, 0.15) is 0 Å². The zero-order valence-corrected chi connectivity index (χ0v) is 10.9. The van der Waals surface area contributed by atoms with Crippen LogP contribution in [0, 0.1) is 5.92 Å². The lowest BCUT2D eigenvalue weighted by Gasteiger charge is -2.43. The summed E-state index contributed by atoms with van der Waals surface area (Å²) in [6.07, 6.45) is 4.57. The maximum absolute atomic E-state index is 5.96. The summed E-state index contributed by atoms with van der Waals surface area (Å²) in [6.45, 7) is 7.64. The zero-order chi connectivity index (χ0) is 11.5. The van der Waals surface area contributed by atoms with Crippen molar-refractivity contribution in [1.82, 2.24) is 10.2 Å². The van der Waals surface area contributed by atoms with Crippen molar-refractivity contribution in [3.8, 4) is 0 Å². The van der Waals surface area contributed by atoms with Gasteiger partial charge in [-0.15, -0.1) is 0 Å². The molecule has 2 unspecified atom stereocenters. The number of hydrogen-bond acceptors (Lipinski definition) is 3. The van der Waals surface area contributed by atoms with E-state index in [9.17, 15) is 0 Å². The Kier molecular flexibility index (Phi) is 4.22. The summed E-state index contributed by atoms with van der Waals surface area (Å²) in [5, 5.41) is 3.48. The third-order valence-electron chi connectivity index (χ3n) is 4.25. The van der Waals surface area contributed by atoms with E-state index < -0.39 is 0 Å². The van der Waals surface area contributed by atoms with Crippen LogP contribution in [-0.4, -0.2) is 49.8 Å². The normalized spacial score (nSPS) is 30.4. The largest absolute Gasteiger partial charge is 0.374 e. The number of likely N-dealkylation sites (N-methyl/N-ethyl adjacent to an activating group) is 1. The third kappa shape index (κ3) is 2.58. The fourth-order valence-corrected chi connectivity index (χ4v) is 2.91. The van der Waals surface area contributed by atoms with Gasteiger partial charge in [-0.2, -0.15) is 0 Å². The minimum absolute atomic E-state index is 0.395. The standard InChI is InChI=1S/C13H26N2O/c1-10(2)15-7-8-16-12(9-15)13(14-3)11-5-4-6-11/h10-14H,4-9H2,1-3H3. The maximum atomic E-state index is 5.96. The van der Waals surface area contributed by atoms with Crippen LogP contribution >= 0.6 is 0 Å². The summed E-state index contributed by atoms with van der Waals surface area (Å²) in [4.78, 5) is 2.54. The van der Waals surface area contributed by atoms with Crippen LogP contribution in [-0.2, 0) is 4.74 Å². The molecule has 3 heteroatoms. The topological polar surface area (TPSA) is 24.5 Å². The molecule has 0 bridgehead atoms. The molecule has 1 heterocycles. The Balaban J connectivity index is 1.91. The van der Waals surface area contributed by atoms with Crippen LogP contribution in [0.25, 0.3) is 0 Å². The highest BCUT2D eigenvalue weighted by molar-refractivity contribution is 4.91. The third-order valence-corrected chi connectivity index (χ3v) is 4.25. The summed E-state index contributed by atoms with van der Waals surface area (Å²) in [5.41, 5.74) is 0. The average Bonchev–Trinajstić information content (AvgIpc) is 2.23. The van der Waals surface area contributed by atoms with Crippen molar-refractivity contribution < 1.29 is 4.74 Å². The molecule has 16 heavy (non-hydrogen) atoms. The van der Waals surface area contributed by atoms with E-state index in [-0.39, 0.29) is 0 Å². The van der Waals surface area contributed by atoms with E-state index in [1.165, 1.54) is 19.3 Å². The van der Waals surface area contributed by atoms with E-state index in [4.69, 9.17) is 4.74 Å². The number of ether oxygens (including phenoxy) is 1. The lowest BCUT2D eigenvalue weighted by Crippen LogP contribution is -2.56. The second-order valence-electron chi connectivity index (χ2n) is 5.50. The molecule has 2 rings (SSSR count). The Bertz CT molecular complexity index is 216. The van der Waals surface area contributed by atoms with Crippen molar-refractivity contribution in [2.75, 3.05) is 26.7 Å². The second kappa shape index (κ2) is 5.48. The molecule has 0 radical (unpaired) electrons. The first-order valence-corrected chi connectivity index (χ1v) is 6.75. The molecule has 1 aliphatic carbocycles. The van der Waals surface area contributed by atoms with E-state index >= 15 is 0 Å². The van der Waals surface area contributed by atoms with Crippen molar-refractivity contribution in [2.45, 2.75) is 51.3 Å². The average molecular weight is 226 g/mol. The van der Waals surface area contributed by atoms with Crippen LogP contribution in [0.15, 0.2) is 0 Å². The Labute approximate surface area is 99.5 Å². The van der Waals surface area contributed by atoms with Gasteiger partial charge < -0.3 is 10.1 Å². The lowest BCUT2D eigenvalue weighted by atomic mass is 9.77. The molecular weight excluding hydrogens is 200 g/mol. The molecule has 2 aliphatic rings. The summed E-state index contributed by atoms with van der Waals surface area (Å²) in [6, 6.07) is 1.21. The molecule has 2 fully saturated rings. The van der Waals surface area contributed by atoms with Crippen LogP contribution < -0.4 is 5.32 Å². The number of rotatable bonds is 4. The number of hydrogen-bond donors (Lipinski definition) is 1. The summed E-state index contributed by atoms with van der Waals surface area (Å²) in [5.74, 6) is 0.849. The van der Waals surface area contributed by atoms with E-state index in [0.717, 1.165) is 25.6 Å². The van der Waals surface area contributed by atoms with Gasteiger partial charge in [-0.1, -0.05) is 6.42 Å². The Morgan fingerprint density at radius 3 is 2.56 bits per heavy atom. The second-order valence-corrected chi connectivity index (χ2v) is 5.50. The van der Waals surface area contributed by atoms with Gasteiger partial charge in [0.25, 0.3) is 0 Å². The maximum Gasteiger partial charge on any atom is 0.0857 e. The van der Waals surface area contributed by atoms with E-state index in [0.29, 0.717) is 18.2 Å². The van der Waals surface area contributed by atoms with E-state index in [1.54, 1.807) is 0 Å². The van der Waals surface area contributed by atoms with Gasteiger partial charge in [-0.3, -0.25) is 4.90 Å². The van der Waals surface area contributed by atoms with Gasteiger partial charge in [-0.25, -0.2) is 0 Å². The molecule has 0 aromatic rings. The molecule has 0 spiro atoms. The highest BCUT2D eigenvalue weighted by Crippen LogP contribution is 2.32. The van der Waals surface area contributed by atoms with Gasteiger partial charge in [-0.05, 0) is 39.7 Å². The summed E-state index contributed by atoms with van der Waals surface area (Å²) in [7, 11) is 2.08. The molecule has 1 N–H and O–H groups in total. The molecular formula is C13H26N2O. The monoisotopic (exact) mass is 226 g/mol. The van der Waals surface area contributed by atoms with Crippen molar-refractivity contribution in [2.24, 2.45) is 5.92 Å². The van der Waals surface area contributed by atoms with Crippen LogP contribution in [0.4, 0.5) is 0 Å². The van der Waals surface area contributed by atoms with Gasteiger partial charge in [0.2, 0.25) is 0 Å². The van der Waals surface area contributed by atoms with Gasteiger partial charge in [0.15, 0.2) is 0 Å². The molecule has 1 saturated heterocycles. The number of nitrogens with one attached hydrogen (secondary N) is 1. The van der Waals surface area contributed by atoms with Crippen molar-refractivity contribution in [3.05, 3.63) is 0 Å². The quantitative estimate of drug-likeness (QED) is 0.786. The first-order chi connectivity index (χ1) is 7.72. The summed E-state index contributed by atoms with van der Waals surface area (Å²) >= 11 is 0. The first-order valence-electron chi connectivity index (χ1n) is 6.75. The molecule has 0 amide bonds. The lowest BCUT2D eigenvalue weighted by molar-refractivity contribution is -0.0696. The Morgan fingerprint density at radius 1 is 1.31 bits per heavy atom. The number of morpholine rings is 1. The molecule has 0 aromatic heterocycles. The highest BCUT2D eigenvalue weighted by atomic mass is 16.5. The molecule has 2 atom stereocenters. The van der Waals surface area contributed by atoms with Crippen LogP contribution in [0.3, 0.4) is 0 Å². The predicted molar refractivity (Wildman–Crippen MR) is 66.6 cm³/mol. The van der Waals surface area contributed by atoms with E-state index in [2.05, 4.69) is 31.1 Å². The molecule has 1 saturated carbocycles. The first kappa shape index (κ1) is 12.3. The highest BCUT2D eigenvalue weighted by Gasteiger charge is 2.35. The van der Waals surface area contributed by atoms with E-state index in [1.807, 2.05) is 0 Å². The molecule has 94 valence electrons. The smallest absolute Gasteiger partial charge is 0.0857 e. The summed E-state index contributed by atoms with van der Waals surface area (Å²) < 4.78 is 5.96. The molecule has 3 nitrogen and oxygen atoms in total. The Morgan fingerprint density at radius 2 is 2.06 bits per heavy atom. The fraction of sp³-hybridized carbons (Fsp3) is 1.00. The predicted octanol–water partition coefficient (Wildman–Crippen LogP) is 1.48. The van der Waals surface area contributed by atoms with Crippen molar-refractivity contribution >= 4 is 0 Å².